The number of amides is 1. The lowest BCUT2D eigenvalue weighted by Crippen LogP contribution is -2.37. The van der Waals surface area contributed by atoms with E-state index in [1.54, 1.807) is 6.07 Å². The molecule has 1 amide bonds. The van der Waals surface area contributed by atoms with Crippen molar-refractivity contribution in [2.24, 2.45) is 5.92 Å². The molecule has 3 nitrogen and oxygen atoms in total. The van der Waals surface area contributed by atoms with Crippen molar-refractivity contribution < 1.29 is 9.18 Å². The normalized spacial score (nSPS) is 12.5. The fourth-order valence-electron chi connectivity index (χ4n) is 1.28. The van der Waals surface area contributed by atoms with Gasteiger partial charge in [-0.1, -0.05) is 13.8 Å². The van der Waals surface area contributed by atoms with Crippen LogP contribution in [-0.4, -0.2) is 17.7 Å². The van der Waals surface area contributed by atoms with E-state index in [0.717, 1.165) is 0 Å². The number of anilines is 1. The second-order valence-corrected chi connectivity index (χ2v) is 5.66. The summed E-state index contributed by atoms with van der Waals surface area (Å²) in [4.78, 5) is 12.3. The molecular formula is C13H19FN2OS. The first-order chi connectivity index (χ1) is 8.38. The summed E-state index contributed by atoms with van der Waals surface area (Å²) in [5, 5.41) is 2.89. The van der Waals surface area contributed by atoms with Gasteiger partial charge in [-0.3, -0.25) is 4.79 Å². The molecule has 0 aromatic heterocycles. The lowest BCUT2D eigenvalue weighted by molar-refractivity contribution is -0.119. The molecule has 0 fully saturated rings. The summed E-state index contributed by atoms with van der Waals surface area (Å²) < 4.78 is 13.1. The summed E-state index contributed by atoms with van der Waals surface area (Å²) >= 11 is 1.28. The number of halogens is 1. The number of carbonyl (C=O) groups excluding carboxylic acids is 1. The van der Waals surface area contributed by atoms with Crippen molar-refractivity contribution in [1.82, 2.24) is 5.32 Å². The van der Waals surface area contributed by atoms with E-state index < -0.39 is 0 Å². The lowest BCUT2D eigenvalue weighted by atomic mass is 10.1. The third-order valence-corrected chi connectivity index (χ3v) is 3.63. The largest absolute Gasteiger partial charge is 0.399 e. The second-order valence-electron chi connectivity index (χ2n) is 4.61. The van der Waals surface area contributed by atoms with Crippen molar-refractivity contribution in [3.05, 3.63) is 24.0 Å². The van der Waals surface area contributed by atoms with Crippen molar-refractivity contribution in [3.8, 4) is 0 Å². The predicted molar refractivity (Wildman–Crippen MR) is 74.0 cm³/mol. The maximum atomic E-state index is 13.1. The number of carbonyl (C=O) groups is 1. The molecule has 0 aliphatic carbocycles. The maximum absolute atomic E-state index is 13.1. The number of hydrogen-bond donors (Lipinski definition) is 2. The monoisotopic (exact) mass is 270 g/mol. The van der Waals surface area contributed by atoms with Gasteiger partial charge in [0.05, 0.1) is 5.75 Å². The van der Waals surface area contributed by atoms with Gasteiger partial charge in [-0.25, -0.2) is 4.39 Å². The Kier molecular flexibility index (Phi) is 5.47. The number of nitrogens with one attached hydrogen (secondary N) is 1. The highest BCUT2D eigenvalue weighted by atomic mass is 32.2. The molecule has 0 saturated carbocycles. The van der Waals surface area contributed by atoms with Gasteiger partial charge in [-0.15, -0.1) is 11.8 Å². The first-order valence-corrected chi connectivity index (χ1v) is 6.85. The summed E-state index contributed by atoms with van der Waals surface area (Å²) in [5.74, 6) is 0.223. The number of benzene rings is 1. The zero-order valence-electron chi connectivity index (χ0n) is 10.9. The Labute approximate surface area is 111 Å². The second kappa shape index (κ2) is 6.64. The van der Waals surface area contributed by atoms with Crippen LogP contribution in [0.25, 0.3) is 0 Å². The van der Waals surface area contributed by atoms with E-state index in [-0.39, 0.29) is 23.5 Å². The van der Waals surface area contributed by atoms with E-state index in [4.69, 9.17) is 5.73 Å². The SMILES string of the molecule is CC(C)C(C)NC(=O)CSc1cc(N)cc(F)c1. The molecule has 0 saturated heterocycles. The van der Waals surface area contributed by atoms with E-state index in [9.17, 15) is 9.18 Å². The Morgan fingerprint density at radius 2 is 2.06 bits per heavy atom. The van der Waals surface area contributed by atoms with Crippen LogP contribution in [0.1, 0.15) is 20.8 Å². The molecule has 1 aromatic carbocycles. The summed E-state index contributed by atoms with van der Waals surface area (Å²) in [6.07, 6.45) is 0. The Hall–Kier alpha value is -1.23. The zero-order chi connectivity index (χ0) is 13.7. The molecule has 1 aromatic rings. The number of thioether (sulfide) groups is 1. The van der Waals surface area contributed by atoms with Crippen molar-refractivity contribution in [1.29, 1.82) is 0 Å². The van der Waals surface area contributed by atoms with Crippen LogP contribution >= 0.6 is 11.8 Å². The number of hydrogen-bond acceptors (Lipinski definition) is 3. The fraction of sp³-hybridized carbons (Fsp3) is 0.462. The van der Waals surface area contributed by atoms with Crippen LogP contribution in [-0.2, 0) is 4.79 Å². The van der Waals surface area contributed by atoms with Crippen molar-refractivity contribution in [3.63, 3.8) is 0 Å². The zero-order valence-corrected chi connectivity index (χ0v) is 11.7. The van der Waals surface area contributed by atoms with E-state index in [1.165, 1.54) is 23.9 Å². The fourth-order valence-corrected chi connectivity index (χ4v) is 2.08. The third kappa shape index (κ3) is 4.96. The minimum absolute atomic E-state index is 0.0518. The molecule has 0 aliphatic rings. The molecule has 5 heteroatoms. The first kappa shape index (κ1) is 14.8. The Bertz CT molecular complexity index is 403. The van der Waals surface area contributed by atoms with Crippen LogP contribution in [0.15, 0.2) is 23.1 Å². The van der Waals surface area contributed by atoms with Crippen molar-refractivity contribution in [2.45, 2.75) is 31.7 Å². The molecule has 1 rings (SSSR count). The minimum Gasteiger partial charge on any atom is -0.399 e. The summed E-state index contributed by atoms with van der Waals surface area (Å²) in [7, 11) is 0. The van der Waals surface area contributed by atoms with Crippen LogP contribution in [0.4, 0.5) is 10.1 Å². The molecule has 18 heavy (non-hydrogen) atoms. The van der Waals surface area contributed by atoms with Gasteiger partial charge in [0.25, 0.3) is 0 Å². The van der Waals surface area contributed by atoms with Gasteiger partial charge in [0.1, 0.15) is 5.82 Å². The topological polar surface area (TPSA) is 55.1 Å². The predicted octanol–water partition coefficient (Wildman–Crippen LogP) is 2.66. The van der Waals surface area contributed by atoms with Crippen molar-refractivity contribution >= 4 is 23.4 Å². The number of rotatable bonds is 5. The smallest absolute Gasteiger partial charge is 0.230 e. The van der Waals surface area contributed by atoms with E-state index in [1.807, 2.05) is 20.8 Å². The standard InChI is InChI=1S/C13H19FN2OS/c1-8(2)9(3)16-13(17)7-18-12-5-10(14)4-11(15)6-12/h4-6,8-9H,7,15H2,1-3H3,(H,16,17). The van der Waals surface area contributed by atoms with Crippen LogP contribution in [0.2, 0.25) is 0 Å². The molecule has 3 N–H and O–H groups in total. The summed E-state index contributed by atoms with van der Waals surface area (Å²) in [6, 6.07) is 4.42. The van der Waals surface area contributed by atoms with Crippen LogP contribution < -0.4 is 11.1 Å². The molecule has 1 unspecified atom stereocenters. The molecular weight excluding hydrogens is 251 g/mol. The third-order valence-electron chi connectivity index (χ3n) is 2.65. The maximum Gasteiger partial charge on any atom is 0.230 e. The van der Waals surface area contributed by atoms with Crippen LogP contribution in [0, 0.1) is 11.7 Å². The number of nitrogens with two attached hydrogens (primary N) is 1. The average molecular weight is 270 g/mol. The van der Waals surface area contributed by atoms with Crippen LogP contribution in [0.5, 0.6) is 0 Å². The van der Waals surface area contributed by atoms with Gasteiger partial charge in [-0.05, 0) is 31.0 Å². The Morgan fingerprint density at radius 1 is 1.39 bits per heavy atom. The van der Waals surface area contributed by atoms with Gasteiger partial charge in [0.2, 0.25) is 5.91 Å². The highest BCUT2D eigenvalue weighted by Crippen LogP contribution is 2.21. The first-order valence-electron chi connectivity index (χ1n) is 5.86. The van der Waals surface area contributed by atoms with Gasteiger partial charge in [0.15, 0.2) is 0 Å². The summed E-state index contributed by atoms with van der Waals surface area (Å²) in [6.45, 7) is 6.06. The average Bonchev–Trinajstić information content (AvgIpc) is 2.25. The Morgan fingerprint density at radius 3 is 2.61 bits per heavy atom. The van der Waals surface area contributed by atoms with E-state index in [0.29, 0.717) is 16.5 Å². The molecule has 1 atom stereocenters. The lowest BCUT2D eigenvalue weighted by Gasteiger charge is -2.17. The number of nitrogen functional groups attached to an aromatic ring is 1. The molecule has 0 bridgehead atoms. The van der Waals surface area contributed by atoms with Gasteiger partial charge < -0.3 is 11.1 Å². The summed E-state index contributed by atoms with van der Waals surface area (Å²) in [5.41, 5.74) is 5.90. The van der Waals surface area contributed by atoms with E-state index >= 15 is 0 Å². The van der Waals surface area contributed by atoms with Gasteiger partial charge >= 0.3 is 0 Å². The highest BCUT2D eigenvalue weighted by Gasteiger charge is 2.11. The molecule has 0 heterocycles. The molecule has 0 aliphatic heterocycles. The van der Waals surface area contributed by atoms with Gasteiger partial charge in [-0.2, -0.15) is 0 Å². The minimum atomic E-state index is -0.381. The molecule has 0 radical (unpaired) electrons. The molecule has 0 spiro atoms. The molecule has 100 valence electrons. The van der Waals surface area contributed by atoms with Crippen molar-refractivity contribution in [2.75, 3.05) is 11.5 Å². The Balaban J connectivity index is 2.47. The van der Waals surface area contributed by atoms with E-state index in [2.05, 4.69) is 5.32 Å². The quantitative estimate of drug-likeness (QED) is 0.639. The van der Waals surface area contributed by atoms with Gasteiger partial charge in [0, 0.05) is 16.6 Å². The highest BCUT2D eigenvalue weighted by molar-refractivity contribution is 8.00. The van der Waals surface area contributed by atoms with Crippen LogP contribution in [0.3, 0.4) is 0 Å².